The van der Waals surface area contributed by atoms with Crippen molar-refractivity contribution in [1.82, 2.24) is 4.98 Å². The first-order chi connectivity index (χ1) is 14.1. The van der Waals surface area contributed by atoms with E-state index in [2.05, 4.69) is 10.3 Å². The van der Waals surface area contributed by atoms with Gasteiger partial charge < -0.3 is 19.2 Å². The van der Waals surface area contributed by atoms with Crippen molar-refractivity contribution in [1.29, 1.82) is 0 Å². The molecule has 1 aromatic heterocycles. The van der Waals surface area contributed by atoms with Gasteiger partial charge in [-0.2, -0.15) is 0 Å². The van der Waals surface area contributed by atoms with E-state index in [0.717, 1.165) is 5.56 Å². The molecule has 152 valence electrons. The van der Waals surface area contributed by atoms with Gasteiger partial charge in [0.1, 0.15) is 11.5 Å². The first-order valence-corrected chi connectivity index (χ1v) is 9.80. The number of nitrogens with one attached hydrogen (secondary N) is 1. The molecule has 0 aliphatic rings. The van der Waals surface area contributed by atoms with Crippen molar-refractivity contribution < 1.29 is 18.7 Å². The van der Waals surface area contributed by atoms with E-state index in [1.165, 1.54) is 5.56 Å². The number of benzene rings is 2. The number of oxazole rings is 1. The van der Waals surface area contributed by atoms with Crippen LogP contribution in [0.3, 0.4) is 0 Å². The molecular formula is C23H26N2O4. The molecule has 0 radical (unpaired) electrons. The number of aryl methyl sites for hydroxylation is 2. The molecule has 0 unspecified atom stereocenters. The van der Waals surface area contributed by atoms with Gasteiger partial charge in [0.05, 0.1) is 25.1 Å². The lowest BCUT2D eigenvalue weighted by Crippen LogP contribution is -2.13. The Morgan fingerprint density at radius 2 is 1.83 bits per heavy atom. The zero-order valence-corrected chi connectivity index (χ0v) is 17.0. The zero-order chi connectivity index (χ0) is 20.6. The van der Waals surface area contributed by atoms with Crippen LogP contribution in [-0.2, 0) is 11.2 Å². The van der Waals surface area contributed by atoms with Crippen molar-refractivity contribution in [2.75, 3.05) is 18.5 Å². The van der Waals surface area contributed by atoms with Crippen LogP contribution in [0.5, 0.6) is 11.5 Å². The highest BCUT2D eigenvalue weighted by Gasteiger charge is 2.12. The number of carbonyl (C=O) groups is 1. The molecule has 0 spiro atoms. The van der Waals surface area contributed by atoms with Crippen LogP contribution in [0.4, 0.5) is 5.69 Å². The van der Waals surface area contributed by atoms with E-state index >= 15 is 0 Å². The average Bonchev–Trinajstić information content (AvgIpc) is 3.18. The fourth-order valence-corrected chi connectivity index (χ4v) is 2.85. The van der Waals surface area contributed by atoms with Crippen LogP contribution in [0.15, 0.2) is 53.1 Å². The molecule has 29 heavy (non-hydrogen) atoms. The fraction of sp³-hybridized carbons (Fsp3) is 0.304. The van der Waals surface area contributed by atoms with E-state index in [1.54, 1.807) is 18.3 Å². The SMILES string of the molecule is CCOc1ccc(OCC)c(NC(=O)CCc2ncc(-c3ccc(C)cc3)o2)c1. The first-order valence-electron chi connectivity index (χ1n) is 9.80. The third kappa shape index (κ3) is 5.60. The van der Waals surface area contributed by atoms with Crippen LogP contribution in [-0.4, -0.2) is 24.1 Å². The molecule has 1 N–H and O–H groups in total. The number of hydrogen-bond donors (Lipinski definition) is 1. The smallest absolute Gasteiger partial charge is 0.224 e. The lowest BCUT2D eigenvalue weighted by Gasteiger charge is -2.13. The van der Waals surface area contributed by atoms with E-state index in [9.17, 15) is 4.79 Å². The first kappa shape index (κ1) is 20.5. The summed E-state index contributed by atoms with van der Waals surface area (Å²) >= 11 is 0. The third-order valence-corrected chi connectivity index (χ3v) is 4.29. The molecule has 0 fully saturated rings. The molecule has 3 aromatic rings. The minimum Gasteiger partial charge on any atom is -0.494 e. The highest BCUT2D eigenvalue weighted by Crippen LogP contribution is 2.30. The van der Waals surface area contributed by atoms with Gasteiger partial charge in [-0.1, -0.05) is 29.8 Å². The Bertz CT molecular complexity index is 948. The monoisotopic (exact) mass is 394 g/mol. The van der Waals surface area contributed by atoms with Crippen LogP contribution >= 0.6 is 0 Å². The second-order valence-electron chi connectivity index (χ2n) is 6.56. The number of amides is 1. The molecular weight excluding hydrogens is 368 g/mol. The Hall–Kier alpha value is -3.28. The molecule has 0 bridgehead atoms. The molecule has 0 saturated heterocycles. The molecule has 1 heterocycles. The molecule has 2 aromatic carbocycles. The van der Waals surface area contributed by atoms with Gasteiger partial charge in [0.2, 0.25) is 5.91 Å². The van der Waals surface area contributed by atoms with Gasteiger partial charge in [0.25, 0.3) is 0 Å². The number of hydrogen-bond acceptors (Lipinski definition) is 5. The summed E-state index contributed by atoms with van der Waals surface area (Å²) in [6.45, 7) is 6.91. The second-order valence-corrected chi connectivity index (χ2v) is 6.56. The Kier molecular flexibility index (Phi) is 6.89. The zero-order valence-electron chi connectivity index (χ0n) is 17.0. The Morgan fingerprint density at radius 1 is 1.07 bits per heavy atom. The summed E-state index contributed by atoms with van der Waals surface area (Å²) in [4.78, 5) is 16.7. The normalized spacial score (nSPS) is 10.6. The van der Waals surface area contributed by atoms with E-state index < -0.39 is 0 Å². The Balaban J connectivity index is 1.61. The molecule has 3 rings (SSSR count). The number of anilines is 1. The van der Waals surface area contributed by atoms with Crippen LogP contribution in [0.2, 0.25) is 0 Å². The number of nitrogens with zero attached hydrogens (tertiary/aromatic N) is 1. The lowest BCUT2D eigenvalue weighted by atomic mass is 10.1. The largest absolute Gasteiger partial charge is 0.494 e. The number of rotatable bonds is 9. The standard InChI is InChI=1S/C23H26N2O4/c1-4-27-18-10-11-20(28-5-2)19(14-18)25-22(26)12-13-23-24-15-21(29-23)17-8-6-16(3)7-9-17/h6-11,14-15H,4-5,12-13H2,1-3H3,(H,25,26). The summed E-state index contributed by atoms with van der Waals surface area (Å²) in [7, 11) is 0. The van der Waals surface area contributed by atoms with Gasteiger partial charge in [-0.15, -0.1) is 0 Å². The fourth-order valence-electron chi connectivity index (χ4n) is 2.85. The topological polar surface area (TPSA) is 73.6 Å². The lowest BCUT2D eigenvalue weighted by molar-refractivity contribution is -0.116. The molecule has 0 atom stereocenters. The maximum atomic E-state index is 12.4. The summed E-state index contributed by atoms with van der Waals surface area (Å²) in [5.41, 5.74) is 2.74. The van der Waals surface area contributed by atoms with Crippen molar-refractivity contribution in [3.05, 3.63) is 60.1 Å². The highest BCUT2D eigenvalue weighted by molar-refractivity contribution is 5.92. The minimum atomic E-state index is -0.144. The van der Waals surface area contributed by atoms with E-state index in [4.69, 9.17) is 13.9 Å². The van der Waals surface area contributed by atoms with Gasteiger partial charge in [-0.05, 0) is 32.9 Å². The summed E-state index contributed by atoms with van der Waals surface area (Å²) in [6, 6.07) is 13.4. The maximum absolute atomic E-state index is 12.4. The summed E-state index contributed by atoms with van der Waals surface area (Å²) in [5.74, 6) is 2.38. The maximum Gasteiger partial charge on any atom is 0.224 e. The number of carbonyl (C=O) groups excluding carboxylic acids is 1. The van der Waals surface area contributed by atoms with Gasteiger partial charge in [-0.3, -0.25) is 4.79 Å². The quantitative estimate of drug-likeness (QED) is 0.552. The van der Waals surface area contributed by atoms with Gasteiger partial charge in [0.15, 0.2) is 11.7 Å². The molecule has 1 amide bonds. The average molecular weight is 394 g/mol. The second kappa shape index (κ2) is 9.78. The number of ether oxygens (including phenoxy) is 2. The van der Waals surface area contributed by atoms with E-state index in [1.807, 2.05) is 51.1 Å². The molecule has 0 aliphatic carbocycles. The molecule has 6 heteroatoms. The predicted octanol–water partition coefficient (Wildman–Crippen LogP) is 5.02. The van der Waals surface area contributed by atoms with Crippen molar-refractivity contribution >= 4 is 11.6 Å². The van der Waals surface area contributed by atoms with Gasteiger partial charge in [0, 0.05) is 24.5 Å². The molecule has 6 nitrogen and oxygen atoms in total. The Labute approximate surface area is 170 Å². The van der Waals surface area contributed by atoms with Crippen molar-refractivity contribution in [3.63, 3.8) is 0 Å². The van der Waals surface area contributed by atoms with Crippen LogP contribution in [0, 0.1) is 6.92 Å². The highest BCUT2D eigenvalue weighted by atomic mass is 16.5. The predicted molar refractivity (Wildman–Crippen MR) is 112 cm³/mol. The van der Waals surface area contributed by atoms with Crippen LogP contribution in [0.25, 0.3) is 11.3 Å². The minimum absolute atomic E-state index is 0.144. The van der Waals surface area contributed by atoms with Crippen LogP contribution < -0.4 is 14.8 Å². The van der Waals surface area contributed by atoms with Gasteiger partial charge in [-0.25, -0.2) is 4.98 Å². The summed E-state index contributed by atoms with van der Waals surface area (Å²) in [6.07, 6.45) is 2.35. The number of aromatic nitrogens is 1. The van der Waals surface area contributed by atoms with Crippen molar-refractivity contribution in [3.8, 4) is 22.8 Å². The van der Waals surface area contributed by atoms with E-state index in [0.29, 0.717) is 48.5 Å². The third-order valence-electron chi connectivity index (χ3n) is 4.29. The van der Waals surface area contributed by atoms with Gasteiger partial charge >= 0.3 is 0 Å². The van der Waals surface area contributed by atoms with Crippen LogP contribution in [0.1, 0.15) is 31.7 Å². The van der Waals surface area contributed by atoms with Crippen molar-refractivity contribution in [2.24, 2.45) is 0 Å². The Morgan fingerprint density at radius 3 is 2.55 bits per heavy atom. The van der Waals surface area contributed by atoms with Crippen molar-refractivity contribution in [2.45, 2.75) is 33.6 Å². The molecule has 0 aliphatic heterocycles. The molecule has 0 saturated carbocycles. The van der Waals surface area contributed by atoms with E-state index in [-0.39, 0.29) is 12.3 Å². The summed E-state index contributed by atoms with van der Waals surface area (Å²) in [5, 5.41) is 2.90. The summed E-state index contributed by atoms with van der Waals surface area (Å²) < 4.78 is 16.9.